The summed E-state index contributed by atoms with van der Waals surface area (Å²) in [6.45, 7) is 1.83. The lowest BCUT2D eigenvalue weighted by Gasteiger charge is -2.11. The molecule has 5 heteroatoms. The topological polar surface area (TPSA) is 12.9 Å². The molecule has 0 saturated carbocycles. The van der Waals surface area contributed by atoms with Gasteiger partial charge in [0.25, 0.3) is 0 Å². The normalized spacial score (nSPS) is 11.6. The molecule has 0 aliphatic rings. The summed E-state index contributed by atoms with van der Waals surface area (Å²) in [6.07, 6.45) is 1.59. The van der Waals surface area contributed by atoms with Gasteiger partial charge in [-0.15, -0.1) is 0 Å². The lowest BCUT2D eigenvalue weighted by molar-refractivity contribution is -0.0327. The second-order valence-corrected chi connectivity index (χ2v) is 4.84. The molecule has 0 amide bonds. The van der Waals surface area contributed by atoms with Gasteiger partial charge in [0.15, 0.2) is 0 Å². The van der Waals surface area contributed by atoms with Crippen molar-refractivity contribution in [2.75, 3.05) is 0 Å². The molecule has 0 saturated heterocycles. The highest BCUT2D eigenvalue weighted by Gasteiger charge is 2.30. The first-order valence-electron chi connectivity index (χ1n) is 5.23. The fourth-order valence-corrected chi connectivity index (χ4v) is 2.24. The Morgan fingerprint density at radius 2 is 1.78 bits per heavy atom. The molecule has 0 bridgehead atoms. The van der Waals surface area contributed by atoms with Gasteiger partial charge in [-0.25, -0.2) is 0 Å². The van der Waals surface area contributed by atoms with E-state index in [0.717, 1.165) is 5.69 Å². The molecule has 94 valence electrons. The quantitative estimate of drug-likeness (QED) is 0.735. The van der Waals surface area contributed by atoms with Crippen LogP contribution in [0.3, 0.4) is 0 Å². The van der Waals surface area contributed by atoms with E-state index >= 15 is 0 Å². The van der Waals surface area contributed by atoms with E-state index in [0.29, 0.717) is 11.1 Å². The minimum atomic E-state index is -4.28. The zero-order valence-electron chi connectivity index (χ0n) is 9.53. The molecule has 0 atom stereocenters. The van der Waals surface area contributed by atoms with Crippen LogP contribution in [0.1, 0.15) is 5.69 Å². The third-order valence-electron chi connectivity index (χ3n) is 2.34. The van der Waals surface area contributed by atoms with Crippen molar-refractivity contribution in [2.45, 2.75) is 17.3 Å². The summed E-state index contributed by atoms with van der Waals surface area (Å²) in [5.74, 6) is 0. The minimum Gasteiger partial charge on any atom is -0.261 e. The van der Waals surface area contributed by atoms with E-state index in [1.807, 2.05) is 6.92 Å². The number of nitrogens with zero attached hydrogens (tertiary/aromatic N) is 1. The first kappa shape index (κ1) is 13.0. The van der Waals surface area contributed by atoms with Gasteiger partial charge in [0.05, 0.1) is 0 Å². The van der Waals surface area contributed by atoms with Gasteiger partial charge in [0.2, 0.25) is 0 Å². The van der Waals surface area contributed by atoms with Gasteiger partial charge < -0.3 is 0 Å². The number of hydrogen-bond donors (Lipinski definition) is 0. The van der Waals surface area contributed by atoms with E-state index in [1.165, 1.54) is 6.07 Å². The van der Waals surface area contributed by atoms with Gasteiger partial charge >= 0.3 is 5.51 Å². The number of halogens is 3. The van der Waals surface area contributed by atoms with Crippen molar-refractivity contribution >= 4 is 11.8 Å². The molecule has 0 spiro atoms. The lowest BCUT2D eigenvalue weighted by atomic mass is 10.1. The first-order chi connectivity index (χ1) is 8.46. The Balaban J connectivity index is 2.41. The van der Waals surface area contributed by atoms with Crippen LogP contribution in [0.5, 0.6) is 0 Å². The summed E-state index contributed by atoms with van der Waals surface area (Å²) in [5, 5.41) is 0. The van der Waals surface area contributed by atoms with E-state index in [4.69, 9.17) is 0 Å². The Kier molecular flexibility index (Phi) is 3.61. The van der Waals surface area contributed by atoms with E-state index in [9.17, 15) is 13.2 Å². The SMILES string of the molecule is Cc1ccc(-c2ccccc2SC(F)(F)F)cn1. The van der Waals surface area contributed by atoms with Gasteiger partial charge in [0, 0.05) is 22.3 Å². The number of thioether (sulfide) groups is 1. The standard InChI is InChI=1S/C13H10F3NS/c1-9-6-7-10(8-17-9)11-4-2-3-5-12(11)18-13(14,15)16/h2-8H,1H3. The van der Waals surface area contributed by atoms with Crippen molar-refractivity contribution in [1.82, 2.24) is 4.98 Å². The number of aryl methyl sites for hydroxylation is 1. The predicted octanol–water partition coefficient (Wildman–Crippen LogP) is 4.67. The first-order valence-corrected chi connectivity index (χ1v) is 6.05. The fraction of sp³-hybridized carbons (Fsp3) is 0.154. The molecule has 18 heavy (non-hydrogen) atoms. The molecular weight excluding hydrogens is 259 g/mol. The van der Waals surface area contributed by atoms with Gasteiger partial charge in [-0.1, -0.05) is 24.3 Å². The van der Waals surface area contributed by atoms with Crippen molar-refractivity contribution in [1.29, 1.82) is 0 Å². The van der Waals surface area contributed by atoms with E-state index in [1.54, 1.807) is 36.5 Å². The van der Waals surface area contributed by atoms with Crippen molar-refractivity contribution in [3.05, 3.63) is 48.3 Å². The van der Waals surface area contributed by atoms with Gasteiger partial charge in [-0.2, -0.15) is 13.2 Å². The Labute approximate surface area is 107 Å². The maximum Gasteiger partial charge on any atom is 0.446 e. The Hall–Kier alpha value is -1.49. The average molecular weight is 269 g/mol. The number of hydrogen-bond acceptors (Lipinski definition) is 2. The van der Waals surface area contributed by atoms with Crippen molar-refractivity contribution in [3.63, 3.8) is 0 Å². The van der Waals surface area contributed by atoms with Crippen LogP contribution in [-0.2, 0) is 0 Å². The molecule has 0 aliphatic heterocycles. The molecule has 1 nitrogen and oxygen atoms in total. The third-order valence-corrected chi connectivity index (χ3v) is 3.14. The second kappa shape index (κ2) is 5.02. The highest BCUT2D eigenvalue weighted by molar-refractivity contribution is 8.00. The Bertz CT molecular complexity index is 535. The Morgan fingerprint density at radius 1 is 1.06 bits per heavy atom. The van der Waals surface area contributed by atoms with Crippen LogP contribution in [0.15, 0.2) is 47.5 Å². The maximum absolute atomic E-state index is 12.4. The molecule has 1 heterocycles. The summed E-state index contributed by atoms with van der Waals surface area (Å²) >= 11 is -0.101. The average Bonchev–Trinajstić information content (AvgIpc) is 2.29. The maximum atomic E-state index is 12.4. The molecule has 0 N–H and O–H groups in total. The number of alkyl halides is 3. The molecule has 2 aromatic rings. The highest BCUT2D eigenvalue weighted by atomic mass is 32.2. The Morgan fingerprint density at radius 3 is 2.39 bits per heavy atom. The molecule has 1 aromatic heterocycles. The zero-order valence-corrected chi connectivity index (χ0v) is 10.3. The largest absolute Gasteiger partial charge is 0.446 e. The van der Waals surface area contributed by atoms with Crippen molar-refractivity contribution < 1.29 is 13.2 Å². The van der Waals surface area contributed by atoms with Crippen LogP contribution in [0, 0.1) is 6.92 Å². The van der Waals surface area contributed by atoms with Crippen LogP contribution in [0.2, 0.25) is 0 Å². The summed E-state index contributed by atoms with van der Waals surface area (Å²) < 4.78 is 37.3. The van der Waals surface area contributed by atoms with Gasteiger partial charge in [0.1, 0.15) is 0 Å². The second-order valence-electron chi connectivity index (χ2n) is 3.73. The molecule has 0 aliphatic carbocycles. The van der Waals surface area contributed by atoms with Crippen molar-refractivity contribution in [2.24, 2.45) is 0 Å². The van der Waals surface area contributed by atoms with Crippen LogP contribution >= 0.6 is 11.8 Å². The molecule has 2 rings (SSSR count). The summed E-state index contributed by atoms with van der Waals surface area (Å²) in [5.41, 5.74) is -2.21. The fourth-order valence-electron chi connectivity index (χ4n) is 1.55. The highest BCUT2D eigenvalue weighted by Crippen LogP contribution is 2.41. The lowest BCUT2D eigenvalue weighted by Crippen LogP contribution is -2.00. The number of benzene rings is 1. The summed E-state index contributed by atoms with van der Waals surface area (Å²) in [6, 6.07) is 10.0. The van der Waals surface area contributed by atoms with E-state index in [2.05, 4.69) is 4.98 Å². The van der Waals surface area contributed by atoms with Gasteiger partial charge in [-0.05, 0) is 36.4 Å². The van der Waals surface area contributed by atoms with Crippen molar-refractivity contribution in [3.8, 4) is 11.1 Å². The number of rotatable bonds is 2. The molecule has 0 radical (unpaired) electrons. The van der Waals surface area contributed by atoms with E-state index < -0.39 is 5.51 Å². The molecule has 0 unspecified atom stereocenters. The molecule has 1 aromatic carbocycles. The van der Waals surface area contributed by atoms with Gasteiger partial charge in [-0.3, -0.25) is 4.98 Å². The third kappa shape index (κ3) is 3.26. The summed E-state index contributed by atoms with van der Waals surface area (Å²) in [7, 11) is 0. The van der Waals surface area contributed by atoms with Crippen LogP contribution in [-0.4, -0.2) is 10.5 Å². The van der Waals surface area contributed by atoms with Crippen LogP contribution in [0.4, 0.5) is 13.2 Å². The molecular formula is C13H10F3NS. The number of aromatic nitrogens is 1. The summed E-state index contributed by atoms with van der Waals surface area (Å²) in [4.78, 5) is 4.29. The molecule has 0 fully saturated rings. The number of pyridine rings is 1. The minimum absolute atomic E-state index is 0.101. The smallest absolute Gasteiger partial charge is 0.261 e. The van der Waals surface area contributed by atoms with Crippen LogP contribution < -0.4 is 0 Å². The monoisotopic (exact) mass is 269 g/mol. The van der Waals surface area contributed by atoms with Crippen LogP contribution in [0.25, 0.3) is 11.1 Å². The zero-order chi connectivity index (χ0) is 13.2. The predicted molar refractivity (Wildman–Crippen MR) is 66.3 cm³/mol. The van der Waals surface area contributed by atoms with E-state index in [-0.39, 0.29) is 16.7 Å².